The van der Waals surface area contributed by atoms with Gasteiger partial charge in [0.25, 0.3) is 5.91 Å². The first-order valence-corrected chi connectivity index (χ1v) is 10.3. The smallest absolute Gasteiger partial charge is 0.325 e. The lowest BCUT2D eigenvalue weighted by atomic mass is 10.0. The molecule has 3 N–H and O–H groups in total. The highest BCUT2D eigenvalue weighted by Crippen LogP contribution is 2.15. The van der Waals surface area contributed by atoms with Crippen molar-refractivity contribution in [2.45, 2.75) is 18.9 Å². The van der Waals surface area contributed by atoms with Crippen LogP contribution in [0.15, 0.2) is 41.1 Å². The van der Waals surface area contributed by atoms with E-state index in [-0.39, 0.29) is 24.4 Å². The molecule has 0 spiro atoms. The maximum Gasteiger partial charge on any atom is 0.325 e. The van der Waals surface area contributed by atoms with Crippen molar-refractivity contribution in [2.24, 2.45) is 0 Å². The van der Waals surface area contributed by atoms with Gasteiger partial charge in [-0.05, 0) is 48.6 Å². The summed E-state index contributed by atoms with van der Waals surface area (Å²) in [5.74, 6) is 0.261. The number of carbonyl (C=O) groups is 3. The number of urea groups is 1. The van der Waals surface area contributed by atoms with Gasteiger partial charge in [0.05, 0.1) is 13.7 Å². The molecular formula is C20H24N4O4S. The molecule has 2 aromatic rings. The van der Waals surface area contributed by atoms with E-state index in [0.717, 1.165) is 12.8 Å². The maximum absolute atomic E-state index is 12.1. The molecule has 1 aromatic carbocycles. The molecule has 0 bridgehead atoms. The minimum absolute atomic E-state index is 0.0577. The van der Waals surface area contributed by atoms with Crippen molar-refractivity contribution in [2.75, 3.05) is 32.1 Å². The van der Waals surface area contributed by atoms with Crippen LogP contribution in [-0.2, 0) is 4.79 Å². The molecule has 0 aliphatic carbocycles. The molecule has 4 amide bonds. The van der Waals surface area contributed by atoms with Crippen LogP contribution in [0.5, 0.6) is 5.75 Å². The Hall–Kier alpha value is -2.91. The van der Waals surface area contributed by atoms with Crippen molar-refractivity contribution in [3.05, 3.63) is 46.7 Å². The van der Waals surface area contributed by atoms with E-state index in [1.807, 2.05) is 15.7 Å². The lowest BCUT2D eigenvalue weighted by Gasteiger charge is -2.31. The van der Waals surface area contributed by atoms with Crippen molar-refractivity contribution < 1.29 is 19.1 Å². The number of nitrogens with one attached hydrogen (secondary N) is 3. The molecule has 0 saturated carbocycles. The molecule has 0 radical (unpaired) electrons. The van der Waals surface area contributed by atoms with Crippen LogP contribution in [0.25, 0.3) is 0 Å². The predicted molar refractivity (Wildman–Crippen MR) is 111 cm³/mol. The van der Waals surface area contributed by atoms with Crippen molar-refractivity contribution in [3.8, 4) is 5.75 Å². The van der Waals surface area contributed by atoms with Gasteiger partial charge in [0.2, 0.25) is 5.91 Å². The largest absolute Gasteiger partial charge is 0.497 e. The molecule has 0 atom stereocenters. The molecule has 1 saturated heterocycles. The quantitative estimate of drug-likeness (QED) is 0.671. The minimum Gasteiger partial charge on any atom is -0.497 e. The van der Waals surface area contributed by atoms with E-state index in [1.54, 1.807) is 37.4 Å². The third-order valence-electron chi connectivity index (χ3n) is 4.67. The second kappa shape index (κ2) is 10.0. The van der Waals surface area contributed by atoms with E-state index in [0.29, 0.717) is 30.1 Å². The van der Waals surface area contributed by atoms with Gasteiger partial charge in [0.15, 0.2) is 0 Å². The van der Waals surface area contributed by atoms with E-state index in [9.17, 15) is 14.4 Å². The molecule has 1 aliphatic rings. The van der Waals surface area contributed by atoms with Gasteiger partial charge in [0.1, 0.15) is 5.75 Å². The molecular weight excluding hydrogens is 392 g/mol. The monoisotopic (exact) mass is 416 g/mol. The first-order valence-electron chi connectivity index (χ1n) is 9.34. The molecule has 3 rings (SSSR count). The van der Waals surface area contributed by atoms with Crippen molar-refractivity contribution >= 4 is 34.9 Å². The summed E-state index contributed by atoms with van der Waals surface area (Å²) in [5.41, 5.74) is 1.25. The van der Waals surface area contributed by atoms with Crippen LogP contribution in [0.4, 0.5) is 10.5 Å². The second-order valence-corrected chi connectivity index (χ2v) is 7.55. The Morgan fingerprint density at radius 3 is 2.48 bits per heavy atom. The van der Waals surface area contributed by atoms with Crippen molar-refractivity contribution in [1.29, 1.82) is 0 Å². The van der Waals surface area contributed by atoms with Crippen LogP contribution >= 0.6 is 11.3 Å². The van der Waals surface area contributed by atoms with Crippen LogP contribution in [-0.4, -0.2) is 55.5 Å². The number of methoxy groups -OCH3 is 1. The van der Waals surface area contributed by atoms with Gasteiger partial charge in [-0.2, -0.15) is 11.3 Å². The summed E-state index contributed by atoms with van der Waals surface area (Å²) in [4.78, 5) is 38.2. The number of thiophene rings is 1. The highest BCUT2D eigenvalue weighted by Gasteiger charge is 2.23. The lowest BCUT2D eigenvalue weighted by Crippen LogP contribution is -2.48. The van der Waals surface area contributed by atoms with Gasteiger partial charge < -0.3 is 15.4 Å². The summed E-state index contributed by atoms with van der Waals surface area (Å²) in [6, 6.07) is 8.16. The maximum atomic E-state index is 12.1. The fourth-order valence-electron chi connectivity index (χ4n) is 3.10. The summed E-state index contributed by atoms with van der Waals surface area (Å²) in [7, 11) is 1.56. The lowest BCUT2D eigenvalue weighted by molar-refractivity contribution is -0.121. The number of nitrogens with zero attached hydrogens (tertiary/aromatic N) is 1. The molecule has 2 heterocycles. The summed E-state index contributed by atoms with van der Waals surface area (Å²) in [6.45, 7) is 1.51. The Morgan fingerprint density at radius 2 is 1.86 bits per heavy atom. The average Bonchev–Trinajstić information content (AvgIpc) is 3.25. The molecule has 154 valence electrons. The number of anilines is 1. The minimum atomic E-state index is -0.571. The number of imide groups is 1. The average molecular weight is 417 g/mol. The topological polar surface area (TPSA) is 99.8 Å². The van der Waals surface area contributed by atoms with E-state index >= 15 is 0 Å². The van der Waals surface area contributed by atoms with Crippen LogP contribution < -0.4 is 20.7 Å². The van der Waals surface area contributed by atoms with Crippen LogP contribution in [0.2, 0.25) is 0 Å². The fraction of sp³-hybridized carbons (Fsp3) is 0.350. The number of benzene rings is 1. The molecule has 0 unspecified atom stereocenters. The van der Waals surface area contributed by atoms with Gasteiger partial charge in [-0.25, -0.2) is 4.79 Å². The number of hydrogen-bond donors (Lipinski definition) is 3. The van der Waals surface area contributed by atoms with Gasteiger partial charge in [0, 0.05) is 35.8 Å². The molecule has 1 aliphatic heterocycles. The Kier molecular flexibility index (Phi) is 7.20. The summed E-state index contributed by atoms with van der Waals surface area (Å²) in [6.07, 6.45) is 1.53. The van der Waals surface area contributed by atoms with Crippen LogP contribution in [0.1, 0.15) is 23.2 Å². The third kappa shape index (κ3) is 6.30. The molecule has 8 nitrogen and oxygen atoms in total. The Bertz CT molecular complexity index is 831. The Labute approximate surface area is 173 Å². The highest BCUT2D eigenvalue weighted by atomic mass is 32.1. The zero-order valence-electron chi connectivity index (χ0n) is 16.1. The number of rotatable bonds is 6. The SMILES string of the molecule is COc1ccc(NC(=O)NC(=O)CN2CCC(NC(=O)c3ccsc3)CC2)cc1. The van der Waals surface area contributed by atoms with E-state index < -0.39 is 6.03 Å². The highest BCUT2D eigenvalue weighted by molar-refractivity contribution is 7.08. The van der Waals surface area contributed by atoms with Crippen LogP contribution in [0.3, 0.4) is 0 Å². The standard InChI is InChI=1S/C20H24N4O4S/c1-28-17-4-2-15(3-5-17)22-20(27)23-18(25)12-24-9-6-16(7-10-24)21-19(26)14-8-11-29-13-14/h2-5,8,11,13,16H,6-7,9-10,12H2,1H3,(H,21,26)(H2,22,23,25,27). The Balaban J connectivity index is 1.36. The van der Waals surface area contributed by atoms with E-state index in [2.05, 4.69) is 16.0 Å². The van der Waals surface area contributed by atoms with Crippen molar-refractivity contribution in [3.63, 3.8) is 0 Å². The van der Waals surface area contributed by atoms with E-state index in [4.69, 9.17) is 4.74 Å². The molecule has 1 aromatic heterocycles. The summed E-state index contributed by atoms with van der Waals surface area (Å²) < 4.78 is 5.06. The number of likely N-dealkylation sites (tertiary alicyclic amines) is 1. The van der Waals surface area contributed by atoms with Gasteiger partial charge in [-0.15, -0.1) is 0 Å². The first kappa shape index (κ1) is 20.8. The van der Waals surface area contributed by atoms with E-state index in [1.165, 1.54) is 11.3 Å². The normalized spacial score (nSPS) is 14.8. The second-order valence-electron chi connectivity index (χ2n) is 6.77. The predicted octanol–water partition coefficient (Wildman–Crippen LogP) is 2.30. The Morgan fingerprint density at radius 1 is 1.14 bits per heavy atom. The van der Waals surface area contributed by atoms with Gasteiger partial charge in [-0.3, -0.25) is 19.8 Å². The van der Waals surface area contributed by atoms with Gasteiger partial charge >= 0.3 is 6.03 Å². The van der Waals surface area contributed by atoms with Crippen LogP contribution in [0, 0.1) is 0 Å². The third-order valence-corrected chi connectivity index (χ3v) is 5.36. The molecule has 1 fully saturated rings. The number of piperidine rings is 1. The molecule has 29 heavy (non-hydrogen) atoms. The number of ether oxygens (including phenoxy) is 1. The van der Waals surface area contributed by atoms with Gasteiger partial charge in [-0.1, -0.05) is 0 Å². The summed E-state index contributed by atoms with van der Waals surface area (Å²) >= 11 is 1.49. The summed E-state index contributed by atoms with van der Waals surface area (Å²) in [5, 5.41) is 11.7. The number of hydrogen-bond acceptors (Lipinski definition) is 6. The zero-order chi connectivity index (χ0) is 20.6. The number of carbonyl (C=O) groups excluding carboxylic acids is 3. The molecule has 9 heteroatoms. The van der Waals surface area contributed by atoms with Crippen molar-refractivity contribution in [1.82, 2.24) is 15.5 Å². The zero-order valence-corrected chi connectivity index (χ0v) is 17.0. The fourth-order valence-corrected chi connectivity index (χ4v) is 3.74. The first-order chi connectivity index (χ1) is 14.0. The number of amides is 4.